The van der Waals surface area contributed by atoms with E-state index in [0.29, 0.717) is 5.25 Å². The maximum atomic E-state index is 5.95. The van der Waals surface area contributed by atoms with E-state index < -0.39 is 0 Å². The number of allylic oxidation sites excluding steroid dienone is 1. The Bertz CT molecular complexity index is 559. The summed E-state index contributed by atoms with van der Waals surface area (Å²) in [6, 6.07) is 6.33. The quantitative estimate of drug-likeness (QED) is 0.590. The van der Waals surface area contributed by atoms with E-state index in [4.69, 9.17) is 11.5 Å². The van der Waals surface area contributed by atoms with Crippen LogP contribution in [0.4, 0.5) is 5.69 Å². The van der Waals surface area contributed by atoms with E-state index in [1.807, 2.05) is 23.9 Å². The van der Waals surface area contributed by atoms with E-state index in [-0.39, 0.29) is 4.75 Å². The monoisotopic (exact) mass is 244 g/mol. The first-order chi connectivity index (χ1) is 8.04. The maximum absolute atomic E-state index is 5.95. The summed E-state index contributed by atoms with van der Waals surface area (Å²) in [6.45, 7) is 4.18. The highest BCUT2D eigenvalue weighted by Gasteiger charge is 2.57. The minimum atomic E-state index is 0.116. The van der Waals surface area contributed by atoms with Crippen LogP contribution in [0.25, 0.3) is 0 Å². The fraction of sp³-hybridized carbons (Fsp3) is 0.286. The van der Waals surface area contributed by atoms with E-state index in [1.54, 1.807) is 0 Å². The Morgan fingerprint density at radius 3 is 2.71 bits per heavy atom. The van der Waals surface area contributed by atoms with Gasteiger partial charge in [0.1, 0.15) is 0 Å². The molecule has 1 heterocycles. The average Bonchev–Trinajstić information content (AvgIpc) is 3.04. The van der Waals surface area contributed by atoms with Gasteiger partial charge in [-0.15, -0.1) is 11.8 Å². The predicted octanol–water partition coefficient (Wildman–Crippen LogP) is 2.69. The molecule has 0 radical (unpaired) electrons. The lowest BCUT2D eigenvalue weighted by molar-refractivity contribution is 0.852. The van der Waals surface area contributed by atoms with Crippen LogP contribution in [0.5, 0.6) is 0 Å². The third-order valence-corrected chi connectivity index (χ3v) is 5.43. The zero-order valence-electron chi connectivity index (χ0n) is 10.0. The lowest BCUT2D eigenvalue weighted by Crippen LogP contribution is -2.17. The summed E-state index contributed by atoms with van der Waals surface area (Å²) in [7, 11) is 0. The average molecular weight is 244 g/mol. The van der Waals surface area contributed by atoms with Gasteiger partial charge < -0.3 is 11.5 Å². The minimum absolute atomic E-state index is 0.116. The van der Waals surface area contributed by atoms with Crippen LogP contribution in [0.1, 0.15) is 18.1 Å². The molecular formula is C14H16N2S. The van der Waals surface area contributed by atoms with E-state index in [2.05, 4.69) is 32.1 Å². The number of hydrogen-bond donors (Lipinski definition) is 2. The zero-order chi connectivity index (χ0) is 12.2. The first-order valence-corrected chi connectivity index (χ1v) is 6.62. The molecule has 2 atom stereocenters. The van der Waals surface area contributed by atoms with Crippen LogP contribution in [0.15, 0.2) is 41.6 Å². The number of benzene rings is 1. The SMILES string of the molecule is CC1=C(N)C=CC2(c3ccc(N)c(C)c3)SC12. The molecule has 0 spiro atoms. The van der Waals surface area contributed by atoms with E-state index >= 15 is 0 Å². The molecule has 2 aliphatic rings. The van der Waals surface area contributed by atoms with Gasteiger partial charge in [0.25, 0.3) is 0 Å². The highest BCUT2D eigenvalue weighted by molar-refractivity contribution is 8.08. The molecule has 4 N–H and O–H groups in total. The smallest absolute Gasteiger partial charge is 0.0755 e. The number of rotatable bonds is 1. The number of nitrogen functional groups attached to an aromatic ring is 1. The Balaban J connectivity index is 2.03. The second kappa shape index (κ2) is 3.33. The van der Waals surface area contributed by atoms with Crippen molar-refractivity contribution in [3.8, 4) is 0 Å². The topological polar surface area (TPSA) is 52.0 Å². The molecule has 1 aromatic carbocycles. The molecule has 1 aromatic rings. The Kier molecular flexibility index (Phi) is 2.11. The summed E-state index contributed by atoms with van der Waals surface area (Å²) in [5.74, 6) is 0. The number of aryl methyl sites for hydroxylation is 1. The molecule has 0 bridgehead atoms. The van der Waals surface area contributed by atoms with Crippen molar-refractivity contribution in [3.05, 3.63) is 52.7 Å². The fourth-order valence-corrected chi connectivity index (χ4v) is 3.86. The first-order valence-electron chi connectivity index (χ1n) is 5.74. The Morgan fingerprint density at radius 1 is 1.24 bits per heavy atom. The fourth-order valence-electron chi connectivity index (χ4n) is 2.43. The summed E-state index contributed by atoms with van der Waals surface area (Å²) in [5.41, 5.74) is 17.4. The molecule has 3 rings (SSSR count). The minimum Gasteiger partial charge on any atom is -0.399 e. The van der Waals surface area contributed by atoms with E-state index in [9.17, 15) is 0 Å². The van der Waals surface area contributed by atoms with E-state index in [1.165, 1.54) is 11.1 Å². The summed E-state index contributed by atoms with van der Waals surface area (Å²) in [4.78, 5) is 0. The van der Waals surface area contributed by atoms with Crippen molar-refractivity contribution in [3.63, 3.8) is 0 Å². The van der Waals surface area contributed by atoms with Gasteiger partial charge in [-0.1, -0.05) is 18.2 Å². The molecule has 0 saturated carbocycles. The number of anilines is 1. The van der Waals surface area contributed by atoms with Crippen LogP contribution in [0.3, 0.4) is 0 Å². The first kappa shape index (κ1) is 10.8. The third kappa shape index (κ3) is 1.42. The zero-order valence-corrected chi connectivity index (χ0v) is 10.8. The van der Waals surface area contributed by atoms with Gasteiger partial charge in [0.2, 0.25) is 0 Å². The highest BCUT2D eigenvalue weighted by Crippen LogP contribution is 2.66. The van der Waals surface area contributed by atoms with Gasteiger partial charge in [-0.3, -0.25) is 0 Å². The van der Waals surface area contributed by atoms with Crippen molar-refractivity contribution in [2.24, 2.45) is 5.73 Å². The van der Waals surface area contributed by atoms with Gasteiger partial charge >= 0.3 is 0 Å². The normalized spacial score (nSPS) is 30.4. The lowest BCUT2D eigenvalue weighted by Gasteiger charge is -2.17. The van der Waals surface area contributed by atoms with Crippen molar-refractivity contribution < 1.29 is 0 Å². The van der Waals surface area contributed by atoms with Gasteiger partial charge in [-0.2, -0.15) is 0 Å². The van der Waals surface area contributed by atoms with Gasteiger partial charge in [-0.05, 0) is 42.7 Å². The van der Waals surface area contributed by atoms with Crippen molar-refractivity contribution in [2.45, 2.75) is 23.8 Å². The third-order valence-electron chi connectivity index (χ3n) is 3.73. The highest BCUT2D eigenvalue weighted by atomic mass is 32.2. The van der Waals surface area contributed by atoms with Crippen molar-refractivity contribution in [1.82, 2.24) is 0 Å². The molecule has 88 valence electrons. The molecule has 1 aliphatic carbocycles. The molecule has 0 amide bonds. The summed E-state index contributed by atoms with van der Waals surface area (Å²) in [6.07, 6.45) is 4.27. The largest absolute Gasteiger partial charge is 0.399 e. The van der Waals surface area contributed by atoms with Crippen LogP contribution in [0, 0.1) is 6.92 Å². The standard InChI is InChI=1S/C14H16N2S/c1-8-7-10(3-4-11(8)15)14-6-5-12(16)9(2)13(14)17-14/h3-7,13H,15-16H2,1-2H3. The molecule has 0 aromatic heterocycles. The van der Waals surface area contributed by atoms with Crippen LogP contribution >= 0.6 is 11.8 Å². The summed E-state index contributed by atoms with van der Waals surface area (Å²) >= 11 is 1.96. The van der Waals surface area contributed by atoms with Crippen LogP contribution in [-0.4, -0.2) is 5.25 Å². The predicted molar refractivity (Wildman–Crippen MR) is 74.7 cm³/mol. The number of hydrogen-bond acceptors (Lipinski definition) is 3. The molecule has 1 saturated heterocycles. The lowest BCUT2D eigenvalue weighted by atomic mass is 9.87. The number of thioether (sulfide) groups is 1. The molecule has 3 heteroatoms. The Hall–Kier alpha value is -1.35. The number of nitrogens with two attached hydrogens (primary N) is 2. The van der Waals surface area contributed by atoms with Crippen LogP contribution < -0.4 is 11.5 Å². The molecule has 1 fully saturated rings. The van der Waals surface area contributed by atoms with Gasteiger partial charge in [0, 0.05) is 11.4 Å². The van der Waals surface area contributed by atoms with E-state index in [0.717, 1.165) is 16.9 Å². The summed E-state index contributed by atoms with van der Waals surface area (Å²) in [5, 5.41) is 0.510. The summed E-state index contributed by atoms with van der Waals surface area (Å²) < 4.78 is 0.116. The van der Waals surface area contributed by atoms with Crippen molar-refractivity contribution in [2.75, 3.05) is 5.73 Å². The molecule has 2 nitrogen and oxygen atoms in total. The Labute approximate surface area is 106 Å². The second-order valence-corrected chi connectivity index (χ2v) is 6.22. The van der Waals surface area contributed by atoms with Gasteiger partial charge in [-0.25, -0.2) is 0 Å². The Morgan fingerprint density at radius 2 is 2.00 bits per heavy atom. The molecule has 1 aliphatic heterocycles. The van der Waals surface area contributed by atoms with Gasteiger partial charge in [0.15, 0.2) is 0 Å². The maximum Gasteiger partial charge on any atom is 0.0755 e. The molecule has 17 heavy (non-hydrogen) atoms. The van der Waals surface area contributed by atoms with Crippen LogP contribution in [-0.2, 0) is 4.75 Å². The van der Waals surface area contributed by atoms with Crippen molar-refractivity contribution in [1.29, 1.82) is 0 Å². The van der Waals surface area contributed by atoms with Crippen LogP contribution in [0.2, 0.25) is 0 Å². The number of fused-ring (bicyclic) bond motifs is 1. The molecular weight excluding hydrogens is 228 g/mol. The van der Waals surface area contributed by atoms with Gasteiger partial charge in [0.05, 0.1) is 10.00 Å². The molecule has 2 unspecified atom stereocenters. The van der Waals surface area contributed by atoms with Crippen molar-refractivity contribution >= 4 is 17.4 Å². The second-order valence-electron chi connectivity index (χ2n) is 4.83.